The molecule has 2 aromatic rings. The van der Waals surface area contributed by atoms with Gasteiger partial charge in [-0.1, -0.05) is 24.3 Å². The number of rotatable bonds is 0. The number of aryl methyl sites for hydroxylation is 4. The fourth-order valence-electron chi connectivity index (χ4n) is 1.44. The number of halogens is 3. The van der Waals surface area contributed by atoms with E-state index in [9.17, 15) is 8.78 Å². The zero-order chi connectivity index (χ0) is 14.6. The summed E-state index contributed by atoms with van der Waals surface area (Å²) in [6, 6.07) is 8.95. The first-order valence-corrected chi connectivity index (χ1v) is 7.04. The molecular formula is C16H17F2I. The molecule has 0 nitrogen and oxygen atoms in total. The van der Waals surface area contributed by atoms with Crippen molar-refractivity contribution in [2.75, 3.05) is 0 Å². The largest absolute Gasteiger partial charge is 0.207 e. The van der Waals surface area contributed by atoms with E-state index < -0.39 is 0 Å². The molecule has 2 aromatic carbocycles. The normalized spacial score (nSPS) is 9.84. The minimum Gasteiger partial charge on any atom is -0.207 e. The van der Waals surface area contributed by atoms with Crippen molar-refractivity contribution in [3.05, 3.63) is 67.8 Å². The van der Waals surface area contributed by atoms with E-state index in [0.717, 1.165) is 20.3 Å². The van der Waals surface area contributed by atoms with Crippen molar-refractivity contribution in [1.29, 1.82) is 0 Å². The van der Waals surface area contributed by atoms with Crippen LogP contribution in [-0.2, 0) is 0 Å². The average Bonchev–Trinajstić information content (AvgIpc) is 2.37. The van der Waals surface area contributed by atoms with Crippen LogP contribution in [0.2, 0.25) is 0 Å². The van der Waals surface area contributed by atoms with Gasteiger partial charge in [0.1, 0.15) is 11.6 Å². The van der Waals surface area contributed by atoms with Crippen LogP contribution < -0.4 is 0 Å². The highest BCUT2D eigenvalue weighted by Gasteiger charge is 2.03. The Labute approximate surface area is 127 Å². The molecule has 0 N–H and O–H groups in total. The van der Waals surface area contributed by atoms with Gasteiger partial charge in [-0.3, -0.25) is 0 Å². The lowest BCUT2D eigenvalue weighted by Crippen LogP contribution is -1.89. The summed E-state index contributed by atoms with van der Waals surface area (Å²) in [4.78, 5) is 0. The number of hydrogen-bond donors (Lipinski definition) is 0. The number of hydrogen-bond acceptors (Lipinski definition) is 0. The summed E-state index contributed by atoms with van der Waals surface area (Å²) in [6.07, 6.45) is 0. The highest BCUT2D eigenvalue weighted by atomic mass is 127. The molecule has 0 atom stereocenters. The maximum Gasteiger partial charge on any atom is 0.139 e. The molecular weight excluding hydrogens is 357 g/mol. The topological polar surface area (TPSA) is 0 Å². The molecule has 0 amide bonds. The van der Waals surface area contributed by atoms with Crippen LogP contribution in [0.5, 0.6) is 0 Å². The van der Waals surface area contributed by atoms with Crippen molar-refractivity contribution < 1.29 is 8.78 Å². The van der Waals surface area contributed by atoms with Crippen molar-refractivity contribution in [3.63, 3.8) is 0 Å². The van der Waals surface area contributed by atoms with E-state index in [4.69, 9.17) is 0 Å². The van der Waals surface area contributed by atoms with Gasteiger partial charge in [0.15, 0.2) is 0 Å². The van der Waals surface area contributed by atoms with E-state index in [0.29, 0.717) is 5.56 Å². The molecule has 19 heavy (non-hydrogen) atoms. The molecule has 0 saturated carbocycles. The molecule has 0 aliphatic carbocycles. The van der Waals surface area contributed by atoms with Gasteiger partial charge in [0.25, 0.3) is 0 Å². The maximum absolute atomic E-state index is 13.0. The van der Waals surface area contributed by atoms with Crippen LogP contribution in [-0.4, -0.2) is 0 Å². The average molecular weight is 374 g/mol. The molecule has 3 heteroatoms. The molecule has 0 aliphatic rings. The minimum absolute atomic E-state index is 0.0828. The molecule has 0 aromatic heterocycles. The minimum atomic E-state index is -0.116. The van der Waals surface area contributed by atoms with Crippen molar-refractivity contribution in [2.24, 2.45) is 0 Å². The molecule has 0 heterocycles. The van der Waals surface area contributed by atoms with Crippen molar-refractivity contribution in [3.8, 4) is 0 Å². The van der Waals surface area contributed by atoms with Crippen molar-refractivity contribution in [1.82, 2.24) is 0 Å². The zero-order valence-corrected chi connectivity index (χ0v) is 13.7. The SMILES string of the molecule is Cc1ccc(C)c(F)c1.Cc1ccc(C)c(I)c1F. The van der Waals surface area contributed by atoms with E-state index in [1.165, 1.54) is 6.07 Å². The third-order valence-electron chi connectivity index (χ3n) is 2.80. The van der Waals surface area contributed by atoms with Crippen LogP contribution in [0.3, 0.4) is 0 Å². The van der Waals surface area contributed by atoms with Crippen LogP contribution >= 0.6 is 22.6 Å². The van der Waals surface area contributed by atoms with Crippen LogP contribution in [0.15, 0.2) is 30.3 Å². The van der Waals surface area contributed by atoms with Gasteiger partial charge in [-0.05, 0) is 78.6 Å². The zero-order valence-electron chi connectivity index (χ0n) is 11.5. The third kappa shape index (κ3) is 4.56. The molecule has 0 spiro atoms. The Hall–Kier alpha value is -0.970. The summed E-state index contributed by atoms with van der Waals surface area (Å²) >= 11 is 2.02. The van der Waals surface area contributed by atoms with Crippen LogP contribution in [0, 0.1) is 42.9 Å². The second-order valence-corrected chi connectivity index (χ2v) is 5.66. The van der Waals surface area contributed by atoms with E-state index in [-0.39, 0.29) is 11.6 Å². The summed E-state index contributed by atoms with van der Waals surface area (Å²) in [6.45, 7) is 7.32. The second-order valence-electron chi connectivity index (χ2n) is 4.58. The lowest BCUT2D eigenvalue weighted by atomic mass is 10.2. The standard InChI is InChI=1S/C8H8FI.C8H9F/c1-5-3-4-6(2)8(10)7(5)9;1-6-3-4-7(2)8(9)5-6/h3-4H,1-2H3;3-5H,1-2H3. The van der Waals surface area contributed by atoms with E-state index in [1.807, 2.05) is 48.6 Å². The predicted molar refractivity (Wildman–Crippen MR) is 84.5 cm³/mol. The Bertz CT molecular complexity index is 550. The van der Waals surface area contributed by atoms with Crippen LogP contribution in [0.1, 0.15) is 22.3 Å². The Morgan fingerprint density at radius 3 is 1.79 bits per heavy atom. The Morgan fingerprint density at radius 2 is 1.32 bits per heavy atom. The first kappa shape index (κ1) is 16.1. The summed E-state index contributed by atoms with van der Waals surface area (Å²) in [5, 5.41) is 0. The van der Waals surface area contributed by atoms with Crippen molar-refractivity contribution in [2.45, 2.75) is 27.7 Å². The first-order chi connectivity index (χ1) is 8.82. The van der Waals surface area contributed by atoms with E-state index in [1.54, 1.807) is 26.0 Å². The monoisotopic (exact) mass is 374 g/mol. The molecule has 102 valence electrons. The summed E-state index contributed by atoms with van der Waals surface area (Å²) in [5.41, 5.74) is 3.40. The highest BCUT2D eigenvalue weighted by molar-refractivity contribution is 14.1. The fourth-order valence-corrected chi connectivity index (χ4v) is 2.05. The predicted octanol–water partition coefficient (Wildman–Crippen LogP) is 5.49. The lowest BCUT2D eigenvalue weighted by Gasteiger charge is -2.01. The summed E-state index contributed by atoms with van der Waals surface area (Å²) in [5.74, 6) is -0.199. The molecule has 0 saturated heterocycles. The van der Waals surface area contributed by atoms with Crippen molar-refractivity contribution >= 4 is 22.6 Å². The lowest BCUT2D eigenvalue weighted by molar-refractivity contribution is 0.609. The molecule has 0 bridgehead atoms. The quantitative estimate of drug-likeness (QED) is 0.535. The smallest absolute Gasteiger partial charge is 0.139 e. The van der Waals surface area contributed by atoms with E-state index >= 15 is 0 Å². The van der Waals surface area contributed by atoms with Gasteiger partial charge in [0.2, 0.25) is 0 Å². The molecule has 0 radical (unpaired) electrons. The fraction of sp³-hybridized carbons (Fsp3) is 0.250. The molecule has 0 fully saturated rings. The van der Waals surface area contributed by atoms with Crippen LogP contribution in [0.25, 0.3) is 0 Å². The summed E-state index contributed by atoms with van der Waals surface area (Å²) < 4.78 is 26.3. The van der Waals surface area contributed by atoms with Gasteiger partial charge in [0, 0.05) is 0 Å². The van der Waals surface area contributed by atoms with Crippen LogP contribution in [0.4, 0.5) is 8.78 Å². The molecule has 2 rings (SSSR count). The maximum atomic E-state index is 13.0. The summed E-state index contributed by atoms with van der Waals surface area (Å²) in [7, 11) is 0. The van der Waals surface area contributed by atoms with Gasteiger partial charge >= 0.3 is 0 Å². The third-order valence-corrected chi connectivity index (χ3v) is 4.12. The van der Waals surface area contributed by atoms with Gasteiger partial charge in [-0.15, -0.1) is 0 Å². The van der Waals surface area contributed by atoms with Gasteiger partial charge in [0.05, 0.1) is 3.57 Å². The molecule has 0 unspecified atom stereocenters. The highest BCUT2D eigenvalue weighted by Crippen LogP contribution is 2.18. The van der Waals surface area contributed by atoms with Gasteiger partial charge < -0.3 is 0 Å². The van der Waals surface area contributed by atoms with Gasteiger partial charge in [-0.2, -0.15) is 0 Å². The Balaban J connectivity index is 0.000000191. The number of benzene rings is 2. The Kier molecular flexibility index (Phi) is 5.91. The van der Waals surface area contributed by atoms with Gasteiger partial charge in [-0.25, -0.2) is 8.78 Å². The second kappa shape index (κ2) is 6.98. The molecule has 0 aliphatic heterocycles. The Morgan fingerprint density at radius 1 is 0.789 bits per heavy atom. The first-order valence-electron chi connectivity index (χ1n) is 5.97. The van der Waals surface area contributed by atoms with E-state index in [2.05, 4.69) is 0 Å².